The monoisotopic (exact) mass is 470 g/mol. The van der Waals surface area contributed by atoms with Crippen molar-refractivity contribution < 1.29 is 4.74 Å². The highest BCUT2D eigenvalue weighted by Crippen LogP contribution is 2.26. The molecule has 0 aliphatic carbocycles. The van der Waals surface area contributed by atoms with Crippen LogP contribution in [0.5, 0.6) is 5.88 Å². The highest BCUT2D eigenvalue weighted by molar-refractivity contribution is 14.0. The maximum atomic E-state index is 5.18. The number of likely N-dealkylation sites (tertiary alicyclic amines) is 1. The van der Waals surface area contributed by atoms with Crippen LogP contribution in [0.25, 0.3) is 0 Å². The van der Waals surface area contributed by atoms with E-state index in [1.807, 2.05) is 36.1 Å². The summed E-state index contributed by atoms with van der Waals surface area (Å²) in [6.07, 6.45) is 5.20. The number of aryl methyl sites for hydroxylation is 1. The quantitative estimate of drug-likeness (QED) is 0.413. The van der Waals surface area contributed by atoms with E-state index in [1.165, 1.54) is 5.56 Å². The van der Waals surface area contributed by atoms with Crippen LogP contribution in [0.3, 0.4) is 0 Å². The Morgan fingerprint density at radius 2 is 2.27 bits per heavy atom. The number of aliphatic imine (C=N–C) groups is 1. The van der Waals surface area contributed by atoms with Gasteiger partial charge in [-0.05, 0) is 25.0 Å². The molecule has 7 nitrogen and oxygen atoms in total. The van der Waals surface area contributed by atoms with Crippen molar-refractivity contribution in [3.8, 4) is 5.88 Å². The molecule has 1 aliphatic heterocycles. The molecule has 0 amide bonds. The van der Waals surface area contributed by atoms with Gasteiger partial charge in [-0.15, -0.1) is 24.0 Å². The van der Waals surface area contributed by atoms with Crippen molar-refractivity contribution in [3.05, 3.63) is 41.9 Å². The second kappa shape index (κ2) is 9.75. The van der Waals surface area contributed by atoms with Crippen LogP contribution in [0.4, 0.5) is 0 Å². The maximum Gasteiger partial charge on any atom is 0.213 e. The number of methoxy groups -OCH3 is 1. The van der Waals surface area contributed by atoms with Crippen molar-refractivity contribution in [3.63, 3.8) is 0 Å². The predicted molar refractivity (Wildman–Crippen MR) is 113 cm³/mol. The lowest BCUT2D eigenvalue weighted by Crippen LogP contribution is -2.40. The molecule has 8 heteroatoms. The first kappa shape index (κ1) is 20.5. The molecule has 1 N–H and O–H groups in total. The number of pyridine rings is 1. The van der Waals surface area contributed by atoms with Crippen molar-refractivity contribution in [2.24, 2.45) is 12.0 Å². The number of nitrogens with zero attached hydrogens (tertiary/aromatic N) is 5. The van der Waals surface area contributed by atoms with Crippen molar-refractivity contribution in [2.75, 3.05) is 26.7 Å². The molecular weight excluding hydrogens is 443 g/mol. The van der Waals surface area contributed by atoms with E-state index in [2.05, 4.69) is 33.4 Å². The summed E-state index contributed by atoms with van der Waals surface area (Å²) >= 11 is 0. The van der Waals surface area contributed by atoms with Crippen LogP contribution in [0, 0.1) is 0 Å². The van der Waals surface area contributed by atoms with E-state index in [0.717, 1.165) is 37.7 Å². The molecule has 0 aromatic carbocycles. The van der Waals surface area contributed by atoms with E-state index in [4.69, 9.17) is 9.73 Å². The van der Waals surface area contributed by atoms with E-state index in [0.29, 0.717) is 18.3 Å². The Morgan fingerprint density at radius 3 is 2.96 bits per heavy atom. The Kier molecular flexibility index (Phi) is 7.67. The highest BCUT2D eigenvalue weighted by atomic mass is 127. The van der Waals surface area contributed by atoms with E-state index < -0.39 is 0 Å². The van der Waals surface area contributed by atoms with Crippen LogP contribution in [0.15, 0.2) is 35.6 Å². The van der Waals surface area contributed by atoms with Gasteiger partial charge in [0.2, 0.25) is 5.88 Å². The molecule has 0 bridgehead atoms. The van der Waals surface area contributed by atoms with Gasteiger partial charge in [0.05, 0.1) is 25.5 Å². The predicted octanol–water partition coefficient (Wildman–Crippen LogP) is 2.40. The number of hydrogen-bond donors (Lipinski definition) is 1. The Morgan fingerprint density at radius 1 is 1.42 bits per heavy atom. The zero-order valence-electron chi connectivity index (χ0n) is 15.6. The van der Waals surface area contributed by atoms with Gasteiger partial charge < -0.3 is 15.0 Å². The molecule has 1 atom stereocenters. The van der Waals surface area contributed by atoms with Gasteiger partial charge in [0, 0.05) is 44.9 Å². The number of nitrogens with one attached hydrogen (secondary N) is 1. The first-order chi connectivity index (χ1) is 12.2. The van der Waals surface area contributed by atoms with Crippen molar-refractivity contribution in [1.29, 1.82) is 0 Å². The molecule has 3 rings (SSSR count). The second-order valence-electron chi connectivity index (χ2n) is 6.22. The third kappa shape index (κ3) is 5.09. The average Bonchev–Trinajstić information content (AvgIpc) is 3.28. The maximum absolute atomic E-state index is 5.18. The molecular formula is C18H27IN6O. The molecule has 26 heavy (non-hydrogen) atoms. The molecule has 2 aromatic heterocycles. The lowest BCUT2D eigenvalue weighted by molar-refractivity contribution is 0.396. The smallest absolute Gasteiger partial charge is 0.213 e. The largest absolute Gasteiger partial charge is 0.481 e. The van der Waals surface area contributed by atoms with Crippen LogP contribution in [0.1, 0.15) is 30.5 Å². The van der Waals surface area contributed by atoms with Gasteiger partial charge in [0.15, 0.2) is 5.96 Å². The number of aromatic nitrogens is 3. The average molecular weight is 470 g/mol. The Labute approximate surface area is 171 Å². The van der Waals surface area contributed by atoms with Gasteiger partial charge in [-0.2, -0.15) is 5.10 Å². The number of hydrogen-bond acceptors (Lipinski definition) is 4. The van der Waals surface area contributed by atoms with Gasteiger partial charge in [0.25, 0.3) is 0 Å². The minimum atomic E-state index is 0. The van der Waals surface area contributed by atoms with Crippen molar-refractivity contribution in [2.45, 2.75) is 25.8 Å². The topological polar surface area (TPSA) is 67.6 Å². The van der Waals surface area contributed by atoms with Crippen LogP contribution < -0.4 is 10.1 Å². The molecule has 142 valence electrons. The fraction of sp³-hybridized carbons (Fsp3) is 0.500. The van der Waals surface area contributed by atoms with Gasteiger partial charge in [-0.1, -0.05) is 6.07 Å². The van der Waals surface area contributed by atoms with Gasteiger partial charge in [0.1, 0.15) is 0 Å². The minimum absolute atomic E-state index is 0. The van der Waals surface area contributed by atoms with Crippen LogP contribution >= 0.6 is 24.0 Å². The first-order valence-electron chi connectivity index (χ1n) is 8.71. The fourth-order valence-electron chi connectivity index (χ4n) is 3.12. The molecule has 0 spiro atoms. The molecule has 0 saturated carbocycles. The molecule has 3 heterocycles. The number of halogens is 1. The standard InChI is InChI=1S/C18H26N6O.HI/c1-4-19-18(20-11-16-6-5-7-17(22-16)25-3)24-9-8-14(13-24)15-10-21-23(2)12-15;/h5-7,10,12,14H,4,8-9,11,13H2,1-3H3,(H,19,20);1H. The summed E-state index contributed by atoms with van der Waals surface area (Å²) in [7, 11) is 3.59. The van der Waals surface area contributed by atoms with Crippen molar-refractivity contribution >= 4 is 29.9 Å². The molecule has 0 radical (unpaired) electrons. The Hall–Kier alpha value is -1.84. The normalized spacial score (nSPS) is 17.1. The Balaban J connectivity index is 0.00000243. The minimum Gasteiger partial charge on any atom is -0.481 e. The van der Waals surface area contributed by atoms with Crippen LogP contribution in [-0.2, 0) is 13.6 Å². The van der Waals surface area contributed by atoms with Gasteiger partial charge >= 0.3 is 0 Å². The highest BCUT2D eigenvalue weighted by Gasteiger charge is 2.26. The summed E-state index contributed by atoms with van der Waals surface area (Å²) in [5.74, 6) is 2.07. The Bertz CT molecular complexity index is 732. The summed E-state index contributed by atoms with van der Waals surface area (Å²) in [4.78, 5) is 11.5. The molecule has 1 saturated heterocycles. The first-order valence-corrected chi connectivity index (χ1v) is 8.71. The number of ether oxygens (including phenoxy) is 1. The number of rotatable bonds is 5. The van der Waals surface area contributed by atoms with E-state index in [-0.39, 0.29) is 24.0 Å². The van der Waals surface area contributed by atoms with Crippen LogP contribution in [-0.4, -0.2) is 52.4 Å². The van der Waals surface area contributed by atoms with Crippen LogP contribution in [0.2, 0.25) is 0 Å². The summed E-state index contributed by atoms with van der Waals surface area (Å²) < 4.78 is 7.05. The lowest BCUT2D eigenvalue weighted by Gasteiger charge is -2.21. The third-order valence-electron chi connectivity index (χ3n) is 4.40. The fourth-order valence-corrected chi connectivity index (χ4v) is 3.12. The number of guanidine groups is 1. The second-order valence-corrected chi connectivity index (χ2v) is 6.22. The van der Waals surface area contributed by atoms with Crippen molar-refractivity contribution in [1.82, 2.24) is 25.0 Å². The van der Waals surface area contributed by atoms with E-state index >= 15 is 0 Å². The molecule has 1 fully saturated rings. The summed E-state index contributed by atoms with van der Waals surface area (Å²) in [5.41, 5.74) is 2.20. The summed E-state index contributed by atoms with van der Waals surface area (Å²) in [5, 5.41) is 7.69. The van der Waals surface area contributed by atoms with Gasteiger partial charge in [-0.3, -0.25) is 4.68 Å². The molecule has 2 aromatic rings. The SMILES string of the molecule is CCNC(=NCc1cccc(OC)n1)N1CCC(c2cnn(C)c2)C1.I. The zero-order chi connectivity index (χ0) is 17.6. The lowest BCUT2D eigenvalue weighted by atomic mass is 10.0. The van der Waals surface area contributed by atoms with E-state index in [1.54, 1.807) is 7.11 Å². The van der Waals surface area contributed by atoms with Gasteiger partial charge in [-0.25, -0.2) is 9.98 Å². The van der Waals surface area contributed by atoms with E-state index in [9.17, 15) is 0 Å². The summed E-state index contributed by atoms with van der Waals surface area (Å²) in [6.45, 7) is 5.43. The zero-order valence-corrected chi connectivity index (χ0v) is 17.9. The summed E-state index contributed by atoms with van der Waals surface area (Å²) in [6, 6.07) is 5.76. The molecule has 1 unspecified atom stereocenters. The molecule has 1 aliphatic rings. The third-order valence-corrected chi connectivity index (χ3v) is 4.40.